The zero-order valence-corrected chi connectivity index (χ0v) is 12.4. The fourth-order valence-corrected chi connectivity index (χ4v) is 2.25. The Bertz CT molecular complexity index is 752. The van der Waals surface area contributed by atoms with Gasteiger partial charge in [0.25, 0.3) is 0 Å². The molecule has 6 nitrogen and oxygen atoms in total. The summed E-state index contributed by atoms with van der Waals surface area (Å²) in [6, 6.07) is 11.3. The number of aromatic nitrogens is 3. The van der Waals surface area contributed by atoms with Gasteiger partial charge in [-0.2, -0.15) is 0 Å². The Morgan fingerprint density at radius 2 is 1.86 bits per heavy atom. The summed E-state index contributed by atoms with van der Waals surface area (Å²) in [5.74, 6) is 2.54. The molecule has 22 heavy (non-hydrogen) atoms. The van der Waals surface area contributed by atoms with Crippen LogP contribution < -0.4 is 15.2 Å². The van der Waals surface area contributed by atoms with E-state index in [2.05, 4.69) is 10.2 Å². The summed E-state index contributed by atoms with van der Waals surface area (Å²) < 4.78 is 12.7. The van der Waals surface area contributed by atoms with Crippen molar-refractivity contribution >= 4 is 11.3 Å². The average molecular weight is 298 g/mol. The summed E-state index contributed by atoms with van der Waals surface area (Å²) in [5, 5.41) is 8.29. The number of hydrogen-bond acceptors (Lipinski definition) is 5. The lowest BCUT2D eigenvalue weighted by Crippen LogP contribution is -2.02. The molecule has 1 aromatic carbocycles. The largest absolute Gasteiger partial charge is 0.497 e. The van der Waals surface area contributed by atoms with E-state index in [1.54, 1.807) is 7.11 Å². The molecule has 2 heterocycles. The van der Waals surface area contributed by atoms with Crippen LogP contribution in [0.3, 0.4) is 0 Å². The number of pyridine rings is 1. The number of fused-ring (bicyclic) bond motifs is 1. The molecule has 0 saturated heterocycles. The molecule has 2 aromatic heterocycles. The van der Waals surface area contributed by atoms with E-state index in [9.17, 15) is 0 Å². The van der Waals surface area contributed by atoms with Crippen molar-refractivity contribution in [3.05, 3.63) is 48.4 Å². The van der Waals surface area contributed by atoms with Crippen molar-refractivity contribution in [3.8, 4) is 11.5 Å². The number of rotatable bonds is 6. The quantitative estimate of drug-likeness (QED) is 0.707. The molecule has 0 aliphatic heterocycles. The highest BCUT2D eigenvalue weighted by atomic mass is 16.5. The Morgan fingerprint density at radius 3 is 2.64 bits per heavy atom. The van der Waals surface area contributed by atoms with Crippen LogP contribution in [0.1, 0.15) is 12.2 Å². The fourth-order valence-electron chi connectivity index (χ4n) is 2.25. The first-order valence-electron chi connectivity index (χ1n) is 7.13. The second kappa shape index (κ2) is 6.34. The summed E-state index contributed by atoms with van der Waals surface area (Å²) in [4.78, 5) is 0. The van der Waals surface area contributed by atoms with Gasteiger partial charge in [0.05, 0.1) is 19.4 Å². The highest BCUT2D eigenvalue weighted by molar-refractivity contribution is 5.63. The van der Waals surface area contributed by atoms with Crippen LogP contribution in [0.2, 0.25) is 0 Å². The Morgan fingerprint density at radius 1 is 1.09 bits per heavy atom. The van der Waals surface area contributed by atoms with Gasteiger partial charge >= 0.3 is 0 Å². The molecule has 0 atom stereocenters. The van der Waals surface area contributed by atoms with Crippen LogP contribution in [0.15, 0.2) is 42.6 Å². The van der Waals surface area contributed by atoms with Gasteiger partial charge in [-0.15, -0.1) is 10.2 Å². The SMILES string of the molecule is COc1ccc(OCCCc2nnc3c(N)cccn23)cc1. The topological polar surface area (TPSA) is 74.7 Å². The zero-order chi connectivity index (χ0) is 15.4. The van der Waals surface area contributed by atoms with Crippen LogP contribution in [0, 0.1) is 0 Å². The lowest BCUT2D eigenvalue weighted by molar-refractivity contribution is 0.309. The number of hydrogen-bond donors (Lipinski definition) is 1. The Balaban J connectivity index is 1.55. The molecule has 0 bridgehead atoms. The Hall–Kier alpha value is -2.76. The Kier molecular flexibility index (Phi) is 4.09. The summed E-state index contributed by atoms with van der Waals surface area (Å²) in [6.07, 6.45) is 3.55. The van der Waals surface area contributed by atoms with Gasteiger partial charge in [-0.1, -0.05) is 0 Å². The number of anilines is 1. The normalized spacial score (nSPS) is 10.8. The number of benzene rings is 1. The molecule has 114 valence electrons. The minimum Gasteiger partial charge on any atom is -0.497 e. The first-order valence-corrected chi connectivity index (χ1v) is 7.13. The standard InChI is InChI=1S/C16H18N4O2/c1-21-12-6-8-13(9-7-12)22-11-3-5-15-18-19-16-14(17)4-2-10-20(15)16/h2,4,6-10H,3,5,11,17H2,1H3. The lowest BCUT2D eigenvalue weighted by Gasteiger charge is -2.06. The van der Waals surface area contributed by atoms with Crippen molar-refractivity contribution in [2.45, 2.75) is 12.8 Å². The third-order valence-corrected chi connectivity index (χ3v) is 3.41. The van der Waals surface area contributed by atoms with Crippen molar-refractivity contribution in [2.24, 2.45) is 0 Å². The molecule has 6 heteroatoms. The number of nitrogens with two attached hydrogens (primary N) is 1. The van der Waals surface area contributed by atoms with Gasteiger partial charge < -0.3 is 15.2 Å². The molecule has 0 aliphatic rings. The van der Waals surface area contributed by atoms with E-state index in [0.29, 0.717) is 17.9 Å². The molecule has 0 spiro atoms. The van der Waals surface area contributed by atoms with Crippen LogP contribution in [-0.2, 0) is 6.42 Å². The van der Waals surface area contributed by atoms with Gasteiger partial charge in [-0.3, -0.25) is 4.40 Å². The molecule has 0 unspecified atom stereocenters. The Labute approximate surface area is 128 Å². The van der Waals surface area contributed by atoms with Gasteiger partial charge in [-0.25, -0.2) is 0 Å². The van der Waals surface area contributed by atoms with Crippen LogP contribution >= 0.6 is 0 Å². The molecular weight excluding hydrogens is 280 g/mol. The molecule has 0 saturated carbocycles. The maximum Gasteiger partial charge on any atom is 0.183 e. The van der Waals surface area contributed by atoms with E-state index >= 15 is 0 Å². The summed E-state index contributed by atoms with van der Waals surface area (Å²) in [5.41, 5.74) is 7.20. The van der Waals surface area contributed by atoms with E-state index in [0.717, 1.165) is 30.2 Å². The molecule has 3 rings (SSSR count). The summed E-state index contributed by atoms with van der Waals surface area (Å²) >= 11 is 0. The second-order valence-corrected chi connectivity index (χ2v) is 4.90. The van der Waals surface area contributed by atoms with Crippen molar-refractivity contribution in [1.29, 1.82) is 0 Å². The van der Waals surface area contributed by atoms with E-state index in [1.165, 1.54) is 0 Å². The molecule has 0 amide bonds. The van der Waals surface area contributed by atoms with Crippen LogP contribution in [0.4, 0.5) is 5.69 Å². The van der Waals surface area contributed by atoms with Gasteiger partial charge in [-0.05, 0) is 42.8 Å². The zero-order valence-electron chi connectivity index (χ0n) is 12.4. The number of nitrogens with zero attached hydrogens (tertiary/aromatic N) is 3. The first-order chi connectivity index (χ1) is 10.8. The predicted octanol–water partition coefficient (Wildman–Crippen LogP) is 2.33. The highest BCUT2D eigenvalue weighted by Crippen LogP contribution is 2.17. The van der Waals surface area contributed by atoms with Crippen LogP contribution in [0.25, 0.3) is 5.65 Å². The van der Waals surface area contributed by atoms with Crippen molar-refractivity contribution in [2.75, 3.05) is 19.5 Å². The number of nitrogen functional groups attached to an aromatic ring is 1. The smallest absolute Gasteiger partial charge is 0.183 e. The maximum absolute atomic E-state index is 5.87. The molecular formula is C16H18N4O2. The minimum absolute atomic E-state index is 0.615. The van der Waals surface area contributed by atoms with Crippen LogP contribution in [-0.4, -0.2) is 28.3 Å². The molecule has 2 N–H and O–H groups in total. The van der Waals surface area contributed by atoms with Gasteiger partial charge in [0.1, 0.15) is 17.3 Å². The van der Waals surface area contributed by atoms with E-state index in [-0.39, 0.29) is 0 Å². The van der Waals surface area contributed by atoms with Crippen molar-refractivity contribution in [1.82, 2.24) is 14.6 Å². The predicted molar refractivity (Wildman–Crippen MR) is 84.2 cm³/mol. The van der Waals surface area contributed by atoms with Gasteiger partial charge in [0, 0.05) is 12.6 Å². The van der Waals surface area contributed by atoms with Crippen molar-refractivity contribution in [3.63, 3.8) is 0 Å². The van der Waals surface area contributed by atoms with Crippen molar-refractivity contribution < 1.29 is 9.47 Å². The second-order valence-electron chi connectivity index (χ2n) is 4.90. The first kappa shape index (κ1) is 14.2. The number of aryl methyl sites for hydroxylation is 1. The molecule has 0 fully saturated rings. The monoisotopic (exact) mass is 298 g/mol. The van der Waals surface area contributed by atoms with E-state index in [4.69, 9.17) is 15.2 Å². The highest BCUT2D eigenvalue weighted by Gasteiger charge is 2.07. The lowest BCUT2D eigenvalue weighted by atomic mass is 10.3. The van der Waals surface area contributed by atoms with Crippen LogP contribution in [0.5, 0.6) is 11.5 Å². The molecule has 0 aliphatic carbocycles. The third-order valence-electron chi connectivity index (χ3n) is 3.41. The van der Waals surface area contributed by atoms with Gasteiger partial charge in [0.2, 0.25) is 0 Å². The molecule has 0 radical (unpaired) electrons. The number of ether oxygens (including phenoxy) is 2. The van der Waals surface area contributed by atoms with E-state index < -0.39 is 0 Å². The molecule has 3 aromatic rings. The van der Waals surface area contributed by atoms with Gasteiger partial charge in [0.15, 0.2) is 5.65 Å². The summed E-state index contributed by atoms with van der Waals surface area (Å²) in [6.45, 7) is 0.615. The number of methoxy groups -OCH3 is 1. The fraction of sp³-hybridized carbons (Fsp3) is 0.250. The third kappa shape index (κ3) is 2.95. The average Bonchev–Trinajstić information content (AvgIpc) is 2.97. The maximum atomic E-state index is 5.87. The minimum atomic E-state index is 0.615. The summed E-state index contributed by atoms with van der Waals surface area (Å²) in [7, 11) is 1.64. The van der Waals surface area contributed by atoms with E-state index in [1.807, 2.05) is 47.0 Å².